The lowest BCUT2D eigenvalue weighted by atomic mass is 9.97. The molecule has 2 aliphatic rings. The van der Waals surface area contributed by atoms with Crippen molar-refractivity contribution >= 4 is 5.91 Å². The Hall–Kier alpha value is -0.570. The number of carbonyl (C=O) groups is 1. The Morgan fingerprint density at radius 3 is 2.54 bits per heavy atom. The van der Waals surface area contributed by atoms with Crippen molar-refractivity contribution < 1.29 is 9.53 Å². The van der Waals surface area contributed by atoms with Crippen LogP contribution in [0.4, 0.5) is 0 Å². The van der Waals surface area contributed by atoms with Crippen LogP contribution in [0.25, 0.3) is 0 Å². The second kappa shape index (κ2) is 3.66. The summed E-state index contributed by atoms with van der Waals surface area (Å²) in [7, 11) is 1.82. The van der Waals surface area contributed by atoms with E-state index in [0.29, 0.717) is 6.10 Å². The highest BCUT2D eigenvalue weighted by Gasteiger charge is 2.36. The van der Waals surface area contributed by atoms with Gasteiger partial charge in [-0.15, -0.1) is 0 Å². The van der Waals surface area contributed by atoms with E-state index in [1.54, 1.807) is 4.90 Å². The van der Waals surface area contributed by atoms with Gasteiger partial charge in [-0.1, -0.05) is 19.3 Å². The van der Waals surface area contributed by atoms with Gasteiger partial charge in [0.15, 0.2) is 6.10 Å². The van der Waals surface area contributed by atoms with Crippen LogP contribution in [0.5, 0.6) is 0 Å². The number of likely N-dealkylation sites (tertiary alicyclic amines) is 1. The van der Waals surface area contributed by atoms with Crippen molar-refractivity contribution in [1.29, 1.82) is 0 Å². The predicted octanol–water partition coefficient (Wildman–Crippen LogP) is 1.18. The molecule has 0 radical (unpaired) electrons. The molecule has 0 bridgehead atoms. The smallest absolute Gasteiger partial charge is 0.253 e. The number of β-lactam (4-membered cyclic amide) rings is 1. The van der Waals surface area contributed by atoms with E-state index in [4.69, 9.17) is 4.74 Å². The number of likely N-dealkylation sites (N-methyl/N-ethyl adjacent to an activating group) is 1. The third kappa shape index (κ3) is 1.85. The normalized spacial score (nSPS) is 30.4. The summed E-state index contributed by atoms with van der Waals surface area (Å²) in [5.74, 6) is 0.158. The number of carbonyl (C=O) groups excluding carboxylic acids is 1. The van der Waals surface area contributed by atoms with Crippen molar-refractivity contribution in [3.63, 3.8) is 0 Å². The molecule has 1 heterocycles. The maximum Gasteiger partial charge on any atom is 0.253 e. The van der Waals surface area contributed by atoms with Crippen LogP contribution in [-0.4, -0.2) is 36.6 Å². The molecule has 0 aromatic carbocycles. The zero-order chi connectivity index (χ0) is 9.26. The van der Waals surface area contributed by atoms with Crippen LogP contribution in [0.15, 0.2) is 0 Å². The fraction of sp³-hybridized carbons (Fsp3) is 0.900. The molecule has 1 saturated carbocycles. The largest absolute Gasteiger partial charge is 0.363 e. The highest BCUT2D eigenvalue weighted by molar-refractivity contribution is 5.86. The molecule has 0 aromatic heterocycles. The zero-order valence-corrected chi connectivity index (χ0v) is 8.16. The summed E-state index contributed by atoms with van der Waals surface area (Å²) in [6, 6.07) is 0. The lowest BCUT2D eigenvalue weighted by Gasteiger charge is -2.38. The molecular weight excluding hydrogens is 166 g/mol. The van der Waals surface area contributed by atoms with E-state index in [9.17, 15) is 4.79 Å². The summed E-state index contributed by atoms with van der Waals surface area (Å²) >= 11 is 0. The lowest BCUT2D eigenvalue weighted by molar-refractivity contribution is -0.166. The van der Waals surface area contributed by atoms with Crippen LogP contribution in [0, 0.1) is 0 Å². The highest BCUT2D eigenvalue weighted by atomic mass is 16.5. The number of nitrogens with zero attached hydrogens (tertiary/aromatic N) is 1. The number of rotatable bonds is 2. The van der Waals surface area contributed by atoms with Crippen molar-refractivity contribution in [3.8, 4) is 0 Å². The second-order valence-corrected chi connectivity index (χ2v) is 4.10. The Bertz CT molecular complexity index is 199. The summed E-state index contributed by atoms with van der Waals surface area (Å²) in [5, 5.41) is 0. The van der Waals surface area contributed by atoms with Gasteiger partial charge in [-0.05, 0) is 12.8 Å². The molecule has 1 aliphatic heterocycles. The lowest BCUT2D eigenvalue weighted by Crippen LogP contribution is -2.56. The second-order valence-electron chi connectivity index (χ2n) is 4.10. The van der Waals surface area contributed by atoms with Gasteiger partial charge in [0.2, 0.25) is 0 Å². The maximum absolute atomic E-state index is 11.2. The molecule has 13 heavy (non-hydrogen) atoms. The van der Waals surface area contributed by atoms with Gasteiger partial charge in [0.25, 0.3) is 5.91 Å². The predicted molar refractivity (Wildman–Crippen MR) is 49.4 cm³/mol. The van der Waals surface area contributed by atoms with E-state index < -0.39 is 0 Å². The van der Waals surface area contributed by atoms with E-state index in [2.05, 4.69) is 0 Å². The number of amides is 1. The topological polar surface area (TPSA) is 29.5 Å². The Labute approximate surface area is 79.0 Å². The fourth-order valence-corrected chi connectivity index (χ4v) is 2.08. The fourth-order valence-electron chi connectivity index (χ4n) is 2.08. The zero-order valence-electron chi connectivity index (χ0n) is 8.16. The van der Waals surface area contributed by atoms with Gasteiger partial charge in [0.05, 0.1) is 12.6 Å². The molecule has 1 unspecified atom stereocenters. The van der Waals surface area contributed by atoms with Crippen molar-refractivity contribution in [2.75, 3.05) is 13.6 Å². The van der Waals surface area contributed by atoms with Crippen LogP contribution in [0.3, 0.4) is 0 Å². The first-order valence-electron chi connectivity index (χ1n) is 5.18. The monoisotopic (exact) mass is 183 g/mol. The van der Waals surface area contributed by atoms with Gasteiger partial charge in [-0.25, -0.2) is 0 Å². The minimum absolute atomic E-state index is 0.118. The van der Waals surface area contributed by atoms with Gasteiger partial charge < -0.3 is 9.64 Å². The summed E-state index contributed by atoms with van der Waals surface area (Å²) in [6.07, 6.45) is 6.40. The van der Waals surface area contributed by atoms with E-state index in [1.807, 2.05) is 7.05 Å². The van der Waals surface area contributed by atoms with Crippen LogP contribution in [0.2, 0.25) is 0 Å². The van der Waals surface area contributed by atoms with Crippen LogP contribution < -0.4 is 0 Å². The molecule has 1 atom stereocenters. The SMILES string of the molecule is CN1CC(OC2CCCCC2)C1=O. The Balaban J connectivity index is 1.75. The summed E-state index contributed by atoms with van der Waals surface area (Å²) < 4.78 is 5.72. The van der Waals surface area contributed by atoms with E-state index in [1.165, 1.54) is 19.3 Å². The molecule has 2 rings (SSSR count). The molecule has 1 aliphatic carbocycles. The van der Waals surface area contributed by atoms with Crippen LogP contribution >= 0.6 is 0 Å². The standard InChI is InChI=1S/C10H17NO2/c1-11-7-9(10(11)12)13-8-5-3-2-4-6-8/h8-9H,2-7H2,1H3. The average Bonchev–Trinajstić information content (AvgIpc) is 2.19. The van der Waals surface area contributed by atoms with Crippen molar-refractivity contribution in [1.82, 2.24) is 4.90 Å². The van der Waals surface area contributed by atoms with Gasteiger partial charge in [-0.2, -0.15) is 0 Å². The van der Waals surface area contributed by atoms with Gasteiger partial charge in [0.1, 0.15) is 0 Å². The number of ether oxygens (including phenoxy) is 1. The summed E-state index contributed by atoms with van der Waals surface area (Å²) in [5.41, 5.74) is 0. The Morgan fingerprint density at radius 2 is 2.00 bits per heavy atom. The first-order chi connectivity index (χ1) is 6.27. The quantitative estimate of drug-likeness (QED) is 0.601. The van der Waals surface area contributed by atoms with Crippen LogP contribution in [-0.2, 0) is 9.53 Å². The number of hydrogen-bond donors (Lipinski definition) is 0. The molecule has 74 valence electrons. The molecule has 2 fully saturated rings. The number of hydrogen-bond acceptors (Lipinski definition) is 2. The van der Waals surface area contributed by atoms with Gasteiger partial charge >= 0.3 is 0 Å². The molecule has 1 amide bonds. The molecular formula is C10H17NO2. The van der Waals surface area contributed by atoms with Crippen molar-refractivity contribution in [2.45, 2.75) is 44.3 Å². The van der Waals surface area contributed by atoms with E-state index in [-0.39, 0.29) is 12.0 Å². The molecule has 0 spiro atoms. The van der Waals surface area contributed by atoms with E-state index in [0.717, 1.165) is 19.4 Å². The summed E-state index contributed by atoms with van der Waals surface area (Å²) in [4.78, 5) is 13.0. The third-order valence-corrected chi connectivity index (χ3v) is 3.00. The minimum atomic E-state index is -0.118. The Kier molecular flexibility index (Phi) is 2.54. The highest BCUT2D eigenvalue weighted by Crippen LogP contribution is 2.24. The molecule has 3 heteroatoms. The first kappa shape index (κ1) is 9.00. The minimum Gasteiger partial charge on any atom is -0.363 e. The van der Waals surface area contributed by atoms with E-state index >= 15 is 0 Å². The van der Waals surface area contributed by atoms with Crippen molar-refractivity contribution in [3.05, 3.63) is 0 Å². The van der Waals surface area contributed by atoms with Crippen LogP contribution in [0.1, 0.15) is 32.1 Å². The first-order valence-corrected chi connectivity index (χ1v) is 5.18. The summed E-state index contributed by atoms with van der Waals surface area (Å²) in [6.45, 7) is 0.787. The van der Waals surface area contributed by atoms with Gasteiger partial charge in [-0.3, -0.25) is 4.79 Å². The molecule has 0 N–H and O–H groups in total. The third-order valence-electron chi connectivity index (χ3n) is 3.00. The molecule has 0 aromatic rings. The molecule has 1 saturated heterocycles. The molecule has 3 nitrogen and oxygen atoms in total. The van der Waals surface area contributed by atoms with Crippen molar-refractivity contribution in [2.24, 2.45) is 0 Å². The Morgan fingerprint density at radius 1 is 1.31 bits per heavy atom. The maximum atomic E-state index is 11.2. The average molecular weight is 183 g/mol. The van der Waals surface area contributed by atoms with Gasteiger partial charge in [0, 0.05) is 7.05 Å².